The van der Waals surface area contributed by atoms with E-state index in [4.69, 9.17) is 18.9 Å². The highest BCUT2D eigenvalue weighted by Gasteiger charge is 2.50. The van der Waals surface area contributed by atoms with Gasteiger partial charge in [0.2, 0.25) is 12.1 Å². The third-order valence-corrected chi connectivity index (χ3v) is 9.09. The molecular formula is C35H32O15. The van der Waals surface area contributed by atoms with E-state index >= 15 is 0 Å². The Balaban J connectivity index is 1.43. The number of carbonyl (C=O) groups excluding carboxylic acids is 1. The number of carbonyl (C=O) groups is 1. The average Bonchev–Trinajstić information content (AvgIpc) is 3.48. The number of fused-ring (bicyclic) bond motifs is 3. The third-order valence-electron chi connectivity index (χ3n) is 9.09. The maximum absolute atomic E-state index is 14.0. The van der Waals surface area contributed by atoms with Crippen LogP contribution in [-0.2, 0) is 4.74 Å². The summed E-state index contributed by atoms with van der Waals surface area (Å²) in [5, 5.41) is 104. The van der Waals surface area contributed by atoms with Crippen molar-refractivity contribution in [3.63, 3.8) is 0 Å². The number of rotatable bonds is 6. The third kappa shape index (κ3) is 5.55. The summed E-state index contributed by atoms with van der Waals surface area (Å²) in [6, 6.07) is 14.5. The first-order valence-electron chi connectivity index (χ1n) is 15.4. The van der Waals surface area contributed by atoms with Crippen LogP contribution in [0.5, 0.6) is 46.0 Å². The SMILES string of the molecule is O=C1c2c(cc(O[C@@H]3O[C@H](CO)[C@@H](O)[C@H](O)[C@H]3O)c3c2O[C@H](c2ccc(O)cc2)[C@H]3c2cc(O)cc(O)c2)O[C@H](c2ccc(O)c(O)c2)[C@H]1O. The zero-order chi connectivity index (χ0) is 35.6. The summed E-state index contributed by atoms with van der Waals surface area (Å²) in [7, 11) is 0. The zero-order valence-corrected chi connectivity index (χ0v) is 25.8. The Morgan fingerprint density at radius 1 is 0.660 bits per heavy atom. The first-order valence-corrected chi connectivity index (χ1v) is 15.4. The van der Waals surface area contributed by atoms with Crippen molar-refractivity contribution in [2.24, 2.45) is 0 Å². The van der Waals surface area contributed by atoms with E-state index < -0.39 is 78.8 Å². The molecule has 0 radical (unpaired) electrons. The lowest BCUT2D eigenvalue weighted by atomic mass is 9.82. The second-order valence-electron chi connectivity index (χ2n) is 12.3. The van der Waals surface area contributed by atoms with Crippen LogP contribution in [0.3, 0.4) is 0 Å². The van der Waals surface area contributed by atoms with E-state index in [1.807, 2.05) is 0 Å². The molecule has 1 fully saturated rings. The van der Waals surface area contributed by atoms with E-state index in [-0.39, 0.29) is 56.8 Å². The van der Waals surface area contributed by atoms with Gasteiger partial charge < -0.3 is 70.0 Å². The monoisotopic (exact) mass is 692 g/mol. The minimum Gasteiger partial charge on any atom is -0.508 e. The summed E-state index contributed by atoms with van der Waals surface area (Å²) >= 11 is 0. The van der Waals surface area contributed by atoms with Gasteiger partial charge in [-0.3, -0.25) is 4.79 Å². The molecule has 3 heterocycles. The van der Waals surface area contributed by atoms with Crippen LogP contribution in [-0.4, -0.2) is 100 Å². The van der Waals surface area contributed by atoms with Crippen molar-refractivity contribution in [1.29, 1.82) is 0 Å². The summed E-state index contributed by atoms with van der Waals surface area (Å²) in [4.78, 5) is 14.0. The van der Waals surface area contributed by atoms with Crippen LogP contribution in [0, 0.1) is 0 Å². The van der Waals surface area contributed by atoms with E-state index in [1.165, 1.54) is 36.4 Å². The van der Waals surface area contributed by atoms with Gasteiger partial charge in [-0.2, -0.15) is 0 Å². The number of hydrogen-bond acceptors (Lipinski definition) is 15. The van der Waals surface area contributed by atoms with E-state index in [0.29, 0.717) is 5.56 Å². The van der Waals surface area contributed by atoms with Crippen LogP contribution < -0.4 is 14.2 Å². The second-order valence-corrected chi connectivity index (χ2v) is 12.3. The normalized spacial score (nSPS) is 28.7. The van der Waals surface area contributed by atoms with Crippen molar-refractivity contribution in [1.82, 2.24) is 0 Å². The molecule has 0 amide bonds. The first-order chi connectivity index (χ1) is 23.9. The number of ether oxygens (including phenoxy) is 4. The number of aromatic hydroxyl groups is 5. The summed E-state index contributed by atoms with van der Waals surface area (Å²) in [6.45, 7) is -0.749. The Hall–Kier alpha value is -5.29. The lowest BCUT2D eigenvalue weighted by molar-refractivity contribution is -0.277. The molecule has 0 unspecified atom stereocenters. The van der Waals surface area contributed by atoms with Gasteiger partial charge in [0.25, 0.3) is 0 Å². The van der Waals surface area contributed by atoms with Gasteiger partial charge in [-0.1, -0.05) is 18.2 Å². The Labute approximate surface area is 282 Å². The van der Waals surface area contributed by atoms with Gasteiger partial charge in [0, 0.05) is 17.7 Å². The largest absolute Gasteiger partial charge is 0.508 e. The molecule has 10 N–H and O–H groups in total. The van der Waals surface area contributed by atoms with E-state index in [1.54, 1.807) is 12.1 Å². The Morgan fingerprint density at radius 3 is 2.00 bits per heavy atom. The molecule has 50 heavy (non-hydrogen) atoms. The number of benzene rings is 4. The minimum atomic E-state index is -1.85. The smallest absolute Gasteiger partial charge is 0.229 e. The van der Waals surface area contributed by atoms with Gasteiger partial charge in [0.05, 0.1) is 12.5 Å². The number of phenolic OH excluding ortho intramolecular Hbond substituents is 5. The lowest BCUT2D eigenvalue weighted by Gasteiger charge is -2.40. The number of hydrogen-bond donors (Lipinski definition) is 10. The van der Waals surface area contributed by atoms with Crippen LogP contribution in [0.15, 0.2) is 66.7 Å². The molecule has 0 spiro atoms. The molecule has 3 aliphatic heterocycles. The minimum absolute atomic E-state index is 0.0576. The number of aliphatic hydroxyl groups is 5. The zero-order valence-electron chi connectivity index (χ0n) is 25.8. The van der Waals surface area contributed by atoms with Crippen molar-refractivity contribution in [3.8, 4) is 46.0 Å². The molecule has 15 heteroatoms. The molecule has 3 aliphatic rings. The standard InChI is InChI=1S/C35H32O15/c36-12-23-27(42)29(44)31(46)35(49-23)48-21-11-22-26(28(43)30(45)33(47-22)14-3-6-19(40)20(41)9-14)34-25(21)24(15-7-17(38)10-18(39)8-15)32(50-34)13-1-4-16(37)5-2-13/h1-11,23-24,27,29-33,35-42,44-46H,12H2/t23-,24+,27-,29+,30+,31-,32-,33-,35-/m1/s1. The summed E-state index contributed by atoms with van der Waals surface area (Å²) < 4.78 is 24.4. The highest BCUT2D eigenvalue weighted by atomic mass is 16.7. The lowest BCUT2D eigenvalue weighted by Crippen LogP contribution is -2.60. The molecule has 15 nitrogen and oxygen atoms in total. The van der Waals surface area contributed by atoms with Gasteiger partial charge in [0.15, 0.2) is 23.7 Å². The van der Waals surface area contributed by atoms with Crippen molar-refractivity contribution < 1.29 is 74.8 Å². The molecule has 7 rings (SSSR count). The number of Topliss-reactive ketones (excluding diaryl/α,β-unsaturated/α-hetero) is 1. The van der Waals surface area contributed by atoms with Crippen molar-refractivity contribution in [2.45, 2.75) is 54.9 Å². The van der Waals surface area contributed by atoms with Gasteiger partial charge in [-0.05, 0) is 53.1 Å². The van der Waals surface area contributed by atoms with Crippen molar-refractivity contribution >= 4 is 5.78 Å². The molecule has 4 aromatic rings. The Morgan fingerprint density at radius 2 is 1.34 bits per heavy atom. The van der Waals surface area contributed by atoms with Crippen LogP contribution in [0.1, 0.15) is 50.7 Å². The number of aliphatic hydroxyl groups excluding tert-OH is 5. The molecule has 0 bridgehead atoms. The molecule has 0 aromatic heterocycles. The molecule has 9 atom stereocenters. The molecule has 0 aliphatic carbocycles. The summed E-state index contributed by atoms with van der Waals surface area (Å²) in [6.07, 6.45) is -12.7. The highest BCUT2D eigenvalue weighted by Crippen LogP contribution is 2.59. The maximum atomic E-state index is 14.0. The van der Waals surface area contributed by atoms with Crippen molar-refractivity contribution in [3.05, 3.63) is 94.5 Å². The summed E-state index contributed by atoms with van der Waals surface area (Å²) in [5.74, 6) is -4.02. The van der Waals surface area contributed by atoms with E-state index in [0.717, 1.165) is 18.2 Å². The summed E-state index contributed by atoms with van der Waals surface area (Å²) in [5.41, 5.74) is 0.735. The number of ketones is 1. The molecule has 4 aromatic carbocycles. The molecular weight excluding hydrogens is 660 g/mol. The van der Waals surface area contributed by atoms with Crippen LogP contribution >= 0.6 is 0 Å². The fraction of sp³-hybridized carbons (Fsp3) is 0.286. The van der Waals surface area contributed by atoms with Gasteiger partial charge in [0.1, 0.15) is 70.6 Å². The predicted molar refractivity (Wildman–Crippen MR) is 167 cm³/mol. The molecule has 262 valence electrons. The van der Waals surface area contributed by atoms with Gasteiger partial charge >= 0.3 is 0 Å². The van der Waals surface area contributed by atoms with Gasteiger partial charge in [-0.15, -0.1) is 0 Å². The highest BCUT2D eigenvalue weighted by molar-refractivity contribution is 6.06. The van der Waals surface area contributed by atoms with Crippen molar-refractivity contribution in [2.75, 3.05) is 6.61 Å². The van der Waals surface area contributed by atoms with E-state index in [2.05, 4.69) is 0 Å². The molecule has 0 saturated carbocycles. The number of phenols is 5. The maximum Gasteiger partial charge on any atom is 0.229 e. The molecule has 1 saturated heterocycles. The Kier molecular flexibility index (Phi) is 8.34. The second kappa shape index (κ2) is 12.5. The van der Waals surface area contributed by atoms with Crippen LogP contribution in [0.2, 0.25) is 0 Å². The van der Waals surface area contributed by atoms with Crippen LogP contribution in [0.25, 0.3) is 0 Å². The van der Waals surface area contributed by atoms with Gasteiger partial charge in [-0.25, -0.2) is 0 Å². The Bertz CT molecular complexity index is 1920. The fourth-order valence-corrected chi connectivity index (χ4v) is 6.62. The predicted octanol–water partition coefficient (Wildman–Crippen LogP) is 1.34. The topological polar surface area (TPSA) is 256 Å². The quantitative estimate of drug-likeness (QED) is 0.128. The average molecular weight is 693 g/mol. The fourth-order valence-electron chi connectivity index (χ4n) is 6.62. The van der Waals surface area contributed by atoms with Crippen LogP contribution in [0.4, 0.5) is 0 Å². The first kappa shape index (κ1) is 33.2. The van der Waals surface area contributed by atoms with E-state index in [9.17, 15) is 55.9 Å².